The molecule has 0 aromatic heterocycles. The third-order valence-corrected chi connectivity index (χ3v) is 5.48. The number of hydrogen-bond donors (Lipinski definition) is 1. The Morgan fingerprint density at radius 2 is 2.29 bits per heavy atom. The predicted octanol–water partition coefficient (Wildman–Crippen LogP) is 2.31. The lowest BCUT2D eigenvalue weighted by atomic mass is 9.88. The van der Waals surface area contributed by atoms with E-state index in [4.69, 9.17) is 14.3 Å². The number of hydrogen-bond acceptors (Lipinski definition) is 6. The molecule has 28 heavy (non-hydrogen) atoms. The molecular formula is C21H26N2O5. The topological polar surface area (TPSA) is 77.1 Å². The molecule has 1 aromatic carbocycles. The Bertz CT molecular complexity index is 787. The van der Waals surface area contributed by atoms with Gasteiger partial charge in [-0.1, -0.05) is 6.07 Å². The highest BCUT2D eigenvalue weighted by atomic mass is 16.8. The van der Waals surface area contributed by atoms with Crippen molar-refractivity contribution in [2.75, 3.05) is 26.7 Å². The van der Waals surface area contributed by atoms with Crippen LogP contribution in [0.4, 0.5) is 0 Å². The Kier molecular flexibility index (Phi) is 5.48. The third kappa shape index (κ3) is 4.27. The van der Waals surface area contributed by atoms with Crippen LogP contribution in [0.2, 0.25) is 0 Å². The Labute approximate surface area is 164 Å². The maximum Gasteiger partial charge on any atom is 0.267 e. The van der Waals surface area contributed by atoms with Gasteiger partial charge >= 0.3 is 0 Å². The van der Waals surface area contributed by atoms with Gasteiger partial charge in [0.05, 0.1) is 12.0 Å². The maximum absolute atomic E-state index is 12.7. The number of amides is 1. The monoisotopic (exact) mass is 386 g/mol. The van der Waals surface area contributed by atoms with E-state index in [-0.39, 0.29) is 18.0 Å². The normalized spacial score (nSPS) is 27.8. The molecule has 7 nitrogen and oxygen atoms in total. The summed E-state index contributed by atoms with van der Waals surface area (Å²) in [7, 11) is 2.04. The van der Waals surface area contributed by atoms with Gasteiger partial charge in [0.1, 0.15) is 11.4 Å². The van der Waals surface area contributed by atoms with Crippen LogP contribution in [0, 0.1) is 0 Å². The molecule has 2 fully saturated rings. The summed E-state index contributed by atoms with van der Waals surface area (Å²) in [6, 6.07) is 5.44. The van der Waals surface area contributed by atoms with Crippen LogP contribution in [0.3, 0.4) is 0 Å². The number of ether oxygens (including phenoxy) is 2. The first-order valence-electron chi connectivity index (χ1n) is 9.83. The van der Waals surface area contributed by atoms with Crippen molar-refractivity contribution in [2.45, 2.75) is 44.0 Å². The number of likely N-dealkylation sites (N-methyl/N-ethyl adjacent to an activating group) is 1. The van der Waals surface area contributed by atoms with Crippen LogP contribution in [0.15, 0.2) is 24.3 Å². The van der Waals surface area contributed by atoms with E-state index in [1.807, 2.05) is 19.2 Å². The first-order chi connectivity index (χ1) is 13.5. The Hall–Kier alpha value is -2.22. The second-order valence-electron chi connectivity index (χ2n) is 7.84. The largest absolute Gasteiger partial charge is 0.485 e. The second-order valence-corrected chi connectivity index (χ2v) is 7.84. The number of likely N-dealkylation sites (tertiary alicyclic amines) is 1. The lowest BCUT2D eigenvalue weighted by Crippen LogP contribution is -2.44. The van der Waals surface area contributed by atoms with Gasteiger partial charge in [0, 0.05) is 38.6 Å². The number of nitrogens with one attached hydrogen (secondary N) is 1. The summed E-state index contributed by atoms with van der Waals surface area (Å²) < 4.78 is 11.6. The highest BCUT2D eigenvalue weighted by molar-refractivity contribution is 6.01. The molecule has 0 aliphatic carbocycles. The molecule has 3 heterocycles. The molecular weight excluding hydrogens is 360 g/mol. The van der Waals surface area contributed by atoms with E-state index < -0.39 is 5.60 Å². The van der Waals surface area contributed by atoms with Crippen molar-refractivity contribution in [1.82, 2.24) is 10.4 Å². The standard InChI is InChI=1S/C21H26N2O5/c1-23-10-9-21(14-23)13-17(24)16-12-15(5-7-18(16)27-21)6-8-19(25)22-28-20-4-2-3-11-26-20/h5-8,12,20H,2-4,9-11,13-14H2,1H3,(H,22,25). The van der Waals surface area contributed by atoms with Crippen molar-refractivity contribution in [2.24, 2.45) is 0 Å². The molecule has 1 aromatic rings. The molecule has 4 rings (SSSR count). The molecule has 2 unspecified atom stereocenters. The van der Waals surface area contributed by atoms with Crippen LogP contribution >= 0.6 is 0 Å². The lowest BCUT2D eigenvalue weighted by molar-refractivity contribution is -0.198. The summed E-state index contributed by atoms with van der Waals surface area (Å²) in [4.78, 5) is 32.1. The van der Waals surface area contributed by atoms with Crippen LogP contribution in [-0.4, -0.2) is 55.2 Å². The quantitative estimate of drug-likeness (QED) is 0.632. The van der Waals surface area contributed by atoms with Gasteiger partial charge in [0.15, 0.2) is 12.1 Å². The van der Waals surface area contributed by atoms with Crippen molar-refractivity contribution in [3.63, 3.8) is 0 Å². The van der Waals surface area contributed by atoms with Gasteiger partial charge in [-0.15, -0.1) is 0 Å². The van der Waals surface area contributed by atoms with E-state index >= 15 is 0 Å². The fourth-order valence-electron chi connectivity index (χ4n) is 4.02. The average Bonchev–Trinajstić information content (AvgIpc) is 3.05. The summed E-state index contributed by atoms with van der Waals surface area (Å²) in [5.74, 6) is 0.349. The molecule has 0 saturated carbocycles. The molecule has 3 aliphatic heterocycles. The molecule has 1 N–H and O–H groups in total. The van der Waals surface area contributed by atoms with Crippen molar-refractivity contribution in [1.29, 1.82) is 0 Å². The Morgan fingerprint density at radius 3 is 3.04 bits per heavy atom. The number of hydroxylamine groups is 1. The minimum atomic E-state index is -0.394. The Balaban J connectivity index is 1.37. The van der Waals surface area contributed by atoms with Crippen LogP contribution in [0.1, 0.15) is 48.0 Å². The number of Topliss-reactive ketones (excluding diaryl/α,β-unsaturated/α-hetero) is 1. The molecule has 7 heteroatoms. The summed E-state index contributed by atoms with van der Waals surface area (Å²) in [6.07, 6.45) is 6.73. The summed E-state index contributed by atoms with van der Waals surface area (Å²) in [5.41, 5.74) is 3.33. The van der Waals surface area contributed by atoms with Gasteiger partial charge in [-0.25, -0.2) is 10.3 Å². The number of nitrogens with zero attached hydrogens (tertiary/aromatic N) is 1. The fourth-order valence-corrected chi connectivity index (χ4v) is 4.02. The van der Waals surface area contributed by atoms with Crippen LogP contribution in [-0.2, 0) is 14.4 Å². The molecule has 1 amide bonds. The van der Waals surface area contributed by atoms with Gasteiger partial charge in [0.2, 0.25) is 0 Å². The SMILES string of the molecule is CN1CCC2(CC(=O)c3cc(C=CC(=O)NOC4CCCCO4)ccc3O2)C1. The van der Waals surface area contributed by atoms with Crippen LogP contribution in [0.5, 0.6) is 5.75 Å². The zero-order chi connectivity index (χ0) is 19.6. The van der Waals surface area contributed by atoms with Crippen molar-refractivity contribution < 1.29 is 23.9 Å². The zero-order valence-corrected chi connectivity index (χ0v) is 16.1. The van der Waals surface area contributed by atoms with E-state index in [1.54, 1.807) is 12.1 Å². The van der Waals surface area contributed by atoms with Gasteiger partial charge < -0.3 is 14.4 Å². The summed E-state index contributed by atoms with van der Waals surface area (Å²) in [5, 5.41) is 0. The average molecular weight is 386 g/mol. The van der Waals surface area contributed by atoms with E-state index in [9.17, 15) is 9.59 Å². The lowest BCUT2D eigenvalue weighted by Gasteiger charge is -2.34. The van der Waals surface area contributed by atoms with E-state index in [0.29, 0.717) is 24.3 Å². The number of carbonyl (C=O) groups excluding carboxylic acids is 2. The zero-order valence-electron chi connectivity index (χ0n) is 16.1. The molecule has 1 spiro atoms. The first-order valence-corrected chi connectivity index (χ1v) is 9.83. The predicted molar refractivity (Wildman–Crippen MR) is 103 cm³/mol. The van der Waals surface area contributed by atoms with Gasteiger partial charge in [-0.2, -0.15) is 0 Å². The van der Waals surface area contributed by atoms with Crippen LogP contribution < -0.4 is 10.2 Å². The van der Waals surface area contributed by atoms with Gasteiger partial charge in [0.25, 0.3) is 5.91 Å². The molecule has 2 atom stereocenters. The fraction of sp³-hybridized carbons (Fsp3) is 0.524. The molecule has 0 radical (unpaired) electrons. The van der Waals surface area contributed by atoms with E-state index in [1.165, 1.54) is 6.08 Å². The number of benzene rings is 1. The number of ketones is 1. The van der Waals surface area contributed by atoms with E-state index in [0.717, 1.165) is 44.3 Å². The summed E-state index contributed by atoms with van der Waals surface area (Å²) >= 11 is 0. The van der Waals surface area contributed by atoms with Crippen molar-refractivity contribution in [3.8, 4) is 5.75 Å². The smallest absolute Gasteiger partial charge is 0.267 e. The van der Waals surface area contributed by atoms with Crippen LogP contribution in [0.25, 0.3) is 6.08 Å². The summed E-state index contributed by atoms with van der Waals surface area (Å²) in [6.45, 7) is 2.36. The molecule has 3 aliphatic rings. The highest BCUT2D eigenvalue weighted by Gasteiger charge is 2.44. The first kappa shape index (κ1) is 19.1. The number of fused-ring (bicyclic) bond motifs is 1. The second kappa shape index (κ2) is 8.03. The maximum atomic E-state index is 12.7. The number of rotatable bonds is 4. The van der Waals surface area contributed by atoms with E-state index in [2.05, 4.69) is 10.4 Å². The van der Waals surface area contributed by atoms with Gasteiger partial charge in [-0.05, 0) is 43.7 Å². The minimum absolute atomic E-state index is 0.0917. The minimum Gasteiger partial charge on any atom is -0.485 e. The molecule has 150 valence electrons. The highest BCUT2D eigenvalue weighted by Crippen LogP contribution is 2.38. The van der Waals surface area contributed by atoms with Crippen molar-refractivity contribution >= 4 is 17.8 Å². The van der Waals surface area contributed by atoms with Crippen molar-refractivity contribution in [3.05, 3.63) is 35.4 Å². The third-order valence-electron chi connectivity index (χ3n) is 5.48. The molecule has 0 bridgehead atoms. The number of carbonyl (C=O) groups is 2. The molecule has 2 saturated heterocycles. The Morgan fingerprint density at radius 1 is 1.39 bits per heavy atom. The van der Waals surface area contributed by atoms with Gasteiger partial charge in [-0.3, -0.25) is 9.59 Å².